The lowest BCUT2D eigenvalue weighted by atomic mass is 10.1. The molecule has 0 amide bonds. The van der Waals surface area contributed by atoms with Crippen LogP contribution in [0.4, 0.5) is 17.1 Å². The van der Waals surface area contributed by atoms with Gasteiger partial charge >= 0.3 is 0 Å². The van der Waals surface area contributed by atoms with Gasteiger partial charge in [-0.05, 0) is 43.4 Å². The highest BCUT2D eigenvalue weighted by Gasteiger charge is 2.24. The summed E-state index contributed by atoms with van der Waals surface area (Å²) >= 11 is 0. The van der Waals surface area contributed by atoms with Crippen LogP contribution < -0.4 is 19.7 Å². The summed E-state index contributed by atoms with van der Waals surface area (Å²) in [5, 5.41) is 14.2. The molecule has 0 unspecified atom stereocenters. The van der Waals surface area contributed by atoms with Crippen LogP contribution in [0.15, 0.2) is 48.7 Å². The molecule has 0 saturated carbocycles. The summed E-state index contributed by atoms with van der Waals surface area (Å²) in [7, 11) is 5.35. The topological polar surface area (TPSA) is 79.3 Å². The molecule has 8 nitrogen and oxygen atoms in total. The van der Waals surface area contributed by atoms with Crippen molar-refractivity contribution in [2.45, 2.75) is 6.04 Å². The maximum Gasteiger partial charge on any atom is 0.145 e. The van der Waals surface area contributed by atoms with Crippen molar-refractivity contribution in [2.24, 2.45) is 0 Å². The van der Waals surface area contributed by atoms with Crippen LogP contribution in [0.5, 0.6) is 11.5 Å². The molecular formula is C25H32N4O4. The minimum absolute atomic E-state index is 0.143. The highest BCUT2D eigenvalue weighted by Crippen LogP contribution is 2.34. The van der Waals surface area contributed by atoms with Crippen molar-refractivity contribution in [1.29, 1.82) is 0 Å². The number of aromatic nitrogens is 1. The summed E-state index contributed by atoms with van der Waals surface area (Å²) in [4.78, 5) is 9.12. The minimum atomic E-state index is 0.143. The van der Waals surface area contributed by atoms with Gasteiger partial charge in [0.2, 0.25) is 0 Å². The van der Waals surface area contributed by atoms with Gasteiger partial charge < -0.3 is 29.5 Å². The Kier molecular flexibility index (Phi) is 7.49. The number of anilines is 3. The minimum Gasteiger partial charge on any atom is -0.494 e. The van der Waals surface area contributed by atoms with Crippen LogP contribution in [-0.2, 0) is 4.74 Å². The average molecular weight is 453 g/mol. The predicted molar refractivity (Wildman–Crippen MR) is 131 cm³/mol. The number of ether oxygens (including phenoxy) is 3. The first-order valence-corrected chi connectivity index (χ1v) is 11.1. The molecule has 1 atom stereocenters. The molecule has 1 aromatic heterocycles. The van der Waals surface area contributed by atoms with Crippen molar-refractivity contribution >= 4 is 28.0 Å². The molecule has 4 rings (SSSR count). The lowest BCUT2D eigenvalue weighted by molar-refractivity contribution is 0.135. The van der Waals surface area contributed by atoms with Crippen LogP contribution in [-0.4, -0.2) is 81.8 Å². The predicted octanol–water partition coefficient (Wildman–Crippen LogP) is 3.12. The molecule has 3 aromatic rings. The van der Waals surface area contributed by atoms with Crippen molar-refractivity contribution in [3.8, 4) is 11.5 Å². The molecule has 1 aliphatic rings. The lowest BCUT2D eigenvalue weighted by Gasteiger charge is -2.39. The second-order valence-electron chi connectivity index (χ2n) is 8.15. The summed E-state index contributed by atoms with van der Waals surface area (Å²) < 4.78 is 16.3. The van der Waals surface area contributed by atoms with Crippen LogP contribution in [0.2, 0.25) is 0 Å². The van der Waals surface area contributed by atoms with Gasteiger partial charge in [0.05, 0.1) is 37.6 Å². The number of aliphatic hydroxyl groups is 1. The Labute approximate surface area is 194 Å². The van der Waals surface area contributed by atoms with Gasteiger partial charge in [-0.2, -0.15) is 0 Å². The number of likely N-dealkylation sites (N-methyl/N-ethyl adjacent to an activating group) is 1. The van der Waals surface area contributed by atoms with E-state index in [2.05, 4.69) is 45.3 Å². The highest BCUT2D eigenvalue weighted by atomic mass is 16.5. The van der Waals surface area contributed by atoms with E-state index in [1.807, 2.05) is 30.5 Å². The Morgan fingerprint density at radius 2 is 1.94 bits per heavy atom. The van der Waals surface area contributed by atoms with Gasteiger partial charge in [0.15, 0.2) is 0 Å². The fourth-order valence-electron chi connectivity index (χ4n) is 4.07. The van der Waals surface area contributed by atoms with Crippen molar-refractivity contribution in [3.63, 3.8) is 0 Å². The molecule has 33 heavy (non-hydrogen) atoms. The van der Waals surface area contributed by atoms with E-state index in [1.54, 1.807) is 14.2 Å². The third kappa shape index (κ3) is 5.30. The fraction of sp³-hybridized carbons (Fsp3) is 0.400. The number of hydrogen-bond acceptors (Lipinski definition) is 8. The molecule has 0 bridgehead atoms. The van der Waals surface area contributed by atoms with E-state index >= 15 is 0 Å². The molecule has 1 saturated heterocycles. The molecule has 0 radical (unpaired) electrons. The van der Waals surface area contributed by atoms with Crippen LogP contribution in [0.3, 0.4) is 0 Å². The zero-order chi connectivity index (χ0) is 23.2. The third-order valence-corrected chi connectivity index (χ3v) is 6.08. The van der Waals surface area contributed by atoms with Crippen LogP contribution in [0, 0.1) is 0 Å². The van der Waals surface area contributed by atoms with Crippen LogP contribution >= 0.6 is 0 Å². The number of fused-ring (bicyclic) bond motifs is 1. The molecule has 8 heteroatoms. The van der Waals surface area contributed by atoms with E-state index in [0.29, 0.717) is 19.0 Å². The van der Waals surface area contributed by atoms with Crippen molar-refractivity contribution in [2.75, 3.05) is 70.9 Å². The third-order valence-electron chi connectivity index (χ3n) is 6.08. The smallest absolute Gasteiger partial charge is 0.145 e. The number of hydrogen-bond donors (Lipinski definition) is 2. The van der Waals surface area contributed by atoms with Crippen LogP contribution in [0.1, 0.15) is 0 Å². The standard InChI is InChI=1S/C25H32N4O4/c1-28-10-11-29(16-19(28)17-30)18-4-6-21-22(8-9-26-24(21)14-18)27-23-7-5-20(15-25(23)32-3)33-13-12-31-2/h4-9,14-15,19,30H,10-13,16-17H2,1-3H3,(H,26,27)/t19-/m1/s1. The highest BCUT2D eigenvalue weighted by molar-refractivity contribution is 5.95. The zero-order valence-electron chi connectivity index (χ0n) is 19.5. The first kappa shape index (κ1) is 23.1. The largest absolute Gasteiger partial charge is 0.494 e. The first-order chi connectivity index (χ1) is 16.1. The Hall–Kier alpha value is -3.07. The number of rotatable bonds is 9. The van der Waals surface area contributed by atoms with Crippen molar-refractivity contribution in [3.05, 3.63) is 48.7 Å². The van der Waals surface area contributed by atoms with Crippen molar-refractivity contribution < 1.29 is 19.3 Å². The van der Waals surface area contributed by atoms with E-state index in [0.717, 1.165) is 53.3 Å². The summed E-state index contributed by atoms with van der Waals surface area (Å²) in [5.41, 5.74) is 3.83. The number of methoxy groups -OCH3 is 2. The number of benzene rings is 2. The number of aliphatic hydroxyl groups excluding tert-OH is 1. The molecule has 0 aliphatic carbocycles. The Balaban J connectivity index is 1.55. The van der Waals surface area contributed by atoms with Gasteiger partial charge in [-0.3, -0.25) is 9.88 Å². The van der Waals surface area contributed by atoms with Crippen molar-refractivity contribution in [1.82, 2.24) is 9.88 Å². The van der Waals surface area contributed by atoms with Crippen LogP contribution in [0.25, 0.3) is 10.9 Å². The summed E-state index contributed by atoms with van der Waals surface area (Å²) in [6.07, 6.45) is 1.81. The monoisotopic (exact) mass is 452 g/mol. The lowest BCUT2D eigenvalue weighted by Crippen LogP contribution is -2.53. The molecule has 1 fully saturated rings. The summed E-state index contributed by atoms with van der Waals surface area (Å²) in [6, 6.07) is 14.2. The molecule has 2 heterocycles. The summed E-state index contributed by atoms with van der Waals surface area (Å²) in [5.74, 6) is 1.42. The quantitative estimate of drug-likeness (QED) is 0.480. The molecule has 2 aromatic carbocycles. The maximum absolute atomic E-state index is 9.68. The molecular weight excluding hydrogens is 420 g/mol. The number of pyridine rings is 1. The normalized spacial score (nSPS) is 16.7. The molecule has 2 N–H and O–H groups in total. The Morgan fingerprint density at radius 3 is 2.73 bits per heavy atom. The second-order valence-corrected chi connectivity index (χ2v) is 8.15. The number of nitrogens with zero attached hydrogens (tertiary/aromatic N) is 3. The molecule has 0 spiro atoms. The number of piperazine rings is 1. The average Bonchev–Trinajstić information content (AvgIpc) is 2.85. The van der Waals surface area contributed by atoms with Gasteiger partial charge in [-0.15, -0.1) is 0 Å². The van der Waals surface area contributed by atoms with E-state index in [9.17, 15) is 5.11 Å². The Bertz CT molecular complexity index is 1080. The molecule has 1 aliphatic heterocycles. The summed E-state index contributed by atoms with van der Waals surface area (Å²) in [6.45, 7) is 3.81. The second kappa shape index (κ2) is 10.7. The maximum atomic E-state index is 9.68. The first-order valence-electron chi connectivity index (χ1n) is 11.1. The van der Waals surface area contributed by atoms with E-state index in [4.69, 9.17) is 14.2 Å². The Morgan fingerprint density at radius 1 is 1.06 bits per heavy atom. The fourth-order valence-corrected chi connectivity index (χ4v) is 4.07. The number of nitrogens with one attached hydrogen (secondary N) is 1. The van der Waals surface area contributed by atoms with Gasteiger partial charge in [-0.25, -0.2) is 0 Å². The van der Waals surface area contributed by atoms with Gasteiger partial charge in [0, 0.05) is 55.8 Å². The van der Waals surface area contributed by atoms with Gasteiger partial charge in [-0.1, -0.05) is 0 Å². The van der Waals surface area contributed by atoms with E-state index in [1.165, 1.54) is 0 Å². The van der Waals surface area contributed by atoms with Gasteiger partial charge in [0.1, 0.15) is 18.1 Å². The van der Waals surface area contributed by atoms with Gasteiger partial charge in [0.25, 0.3) is 0 Å². The van der Waals surface area contributed by atoms with E-state index < -0.39 is 0 Å². The SMILES string of the molecule is COCCOc1ccc(Nc2ccnc3cc(N4CCN(C)[C@@H](CO)C4)ccc23)c(OC)c1. The molecule has 176 valence electrons. The zero-order valence-corrected chi connectivity index (χ0v) is 19.5. The van der Waals surface area contributed by atoms with E-state index in [-0.39, 0.29) is 12.6 Å².